The summed E-state index contributed by atoms with van der Waals surface area (Å²) in [6.45, 7) is 2.36. The van der Waals surface area contributed by atoms with E-state index in [-0.39, 0.29) is 11.3 Å². The molecular formula is C21H22N2O6. The number of carbonyl (C=O) groups is 4. The zero-order chi connectivity index (χ0) is 21.4. The molecule has 0 fully saturated rings. The van der Waals surface area contributed by atoms with E-state index in [0.29, 0.717) is 17.0 Å². The normalized spacial score (nSPS) is 11.1. The molecule has 1 atom stereocenters. The van der Waals surface area contributed by atoms with Gasteiger partial charge in [-0.25, -0.2) is 0 Å². The molecule has 2 amide bonds. The van der Waals surface area contributed by atoms with Crippen molar-refractivity contribution >= 4 is 29.3 Å². The molecule has 0 radical (unpaired) electrons. The second-order valence-electron chi connectivity index (χ2n) is 6.11. The lowest BCUT2D eigenvalue weighted by atomic mass is 10.1. The molecule has 0 saturated carbocycles. The van der Waals surface area contributed by atoms with Gasteiger partial charge in [0.25, 0.3) is 11.8 Å². The molecule has 0 aliphatic carbocycles. The zero-order valence-corrected chi connectivity index (χ0v) is 16.4. The molecule has 0 saturated heterocycles. The maximum absolute atomic E-state index is 12.3. The van der Waals surface area contributed by atoms with E-state index in [2.05, 4.69) is 10.6 Å². The van der Waals surface area contributed by atoms with Gasteiger partial charge in [-0.15, -0.1) is 0 Å². The number of esters is 1. The molecule has 0 heterocycles. The van der Waals surface area contributed by atoms with Crippen molar-refractivity contribution in [3.63, 3.8) is 0 Å². The molecule has 29 heavy (non-hydrogen) atoms. The fourth-order valence-electron chi connectivity index (χ4n) is 2.51. The third-order valence-electron chi connectivity index (χ3n) is 3.99. The summed E-state index contributed by atoms with van der Waals surface area (Å²) in [6, 6.07) is 13.1. The van der Waals surface area contributed by atoms with Crippen molar-refractivity contribution in [3.8, 4) is 5.75 Å². The molecule has 152 valence electrons. The first kappa shape index (κ1) is 21.6. The Morgan fingerprint density at radius 3 is 2.24 bits per heavy atom. The van der Waals surface area contributed by atoms with E-state index in [1.165, 1.54) is 21.0 Å². The molecule has 0 aliphatic rings. The van der Waals surface area contributed by atoms with Crippen molar-refractivity contribution in [2.24, 2.45) is 0 Å². The van der Waals surface area contributed by atoms with Crippen LogP contribution in [0.1, 0.15) is 34.6 Å². The summed E-state index contributed by atoms with van der Waals surface area (Å²) >= 11 is 0. The summed E-state index contributed by atoms with van der Waals surface area (Å²) in [7, 11) is 1.44. The molecule has 2 rings (SSSR count). The monoisotopic (exact) mass is 398 g/mol. The molecule has 2 N–H and O–H groups in total. The van der Waals surface area contributed by atoms with Crippen molar-refractivity contribution in [1.82, 2.24) is 5.32 Å². The van der Waals surface area contributed by atoms with Crippen LogP contribution in [0.5, 0.6) is 5.75 Å². The van der Waals surface area contributed by atoms with Crippen LogP contribution in [0, 0.1) is 0 Å². The van der Waals surface area contributed by atoms with E-state index >= 15 is 0 Å². The van der Waals surface area contributed by atoms with E-state index < -0.39 is 30.4 Å². The summed E-state index contributed by atoms with van der Waals surface area (Å²) < 4.78 is 10.1. The first-order valence-electron chi connectivity index (χ1n) is 8.85. The van der Waals surface area contributed by atoms with Gasteiger partial charge in [0.15, 0.2) is 11.9 Å². The number of nitrogens with one attached hydrogen (secondary N) is 2. The number of para-hydroxylation sites is 2. The summed E-state index contributed by atoms with van der Waals surface area (Å²) in [5, 5.41) is 4.98. The van der Waals surface area contributed by atoms with Crippen LogP contribution in [0.4, 0.5) is 5.69 Å². The van der Waals surface area contributed by atoms with Crippen LogP contribution in [0.2, 0.25) is 0 Å². The van der Waals surface area contributed by atoms with Gasteiger partial charge in [-0.3, -0.25) is 19.2 Å². The Kier molecular flexibility index (Phi) is 7.47. The summed E-state index contributed by atoms with van der Waals surface area (Å²) in [5.74, 6) is -1.72. The van der Waals surface area contributed by atoms with Gasteiger partial charge in [-0.2, -0.15) is 0 Å². The van der Waals surface area contributed by atoms with Gasteiger partial charge in [0.2, 0.25) is 0 Å². The highest BCUT2D eigenvalue weighted by Crippen LogP contribution is 2.17. The molecule has 0 aliphatic heterocycles. The molecule has 8 heteroatoms. The Morgan fingerprint density at radius 1 is 0.966 bits per heavy atom. The lowest BCUT2D eigenvalue weighted by molar-refractivity contribution is -0.152. The zero-order valence-electron chi connectivity index (χ0n) is 16.4. The van der Waals surface area contributed by atoms with E-state index in [9.17, 15) is 19.2 Å². The maximum atomic E-state index is 12.3. The maximum Gasteiger partial charge on any atom is 0.326 e. The number of hydrogen-bond acceptors (Lipinski definition) is 6. The smallest absolute Gasteiger partial charge is 0.326 e. The van der Waals surface area contributed by atoms with E-state index in [1.807, 2.05) is 0 Å². The van der Waals surface area contributed by atoms with E-state index in [0.717, 1.165) is 0 Å². The number of ketones is 1. The lowest BCUT2D eigenvalue weighted by Crippen LogP contribution is -2.36. The standard InChI is InChI=1S/C21H22N2O6/c1-13(24)15-8-4-6-10-17(15)23-20(26)14(2)29-19(25)12-22-21(27)16-9-5-7-11-18(16)28-3/h4-11,14H,12H2,1-3H3,(H,22,27)(H,23,26)/t14-/m0/s1. The van der Waals surface area contributed by atoms with Crippen LogP contribution in [0.3, 0.4) is 0 Å². The molecule has 2 aromatic carbocycles. The Balaban J connectivity index is 1.89. The third kappa shape index (κ3) is 5.90. The topological polar surface area (TPSA) is 111 Å². The van der Waals surface area contributed by atoms with Gasteiger partial charge in [0, 0.05) is 5.56 Å². The number of rotatable bonds is 8. The number of benzene rings is 2. The lowest BCUT2D eigenvalue weighted by Gasteiger charge is -2.15. The fourth-order valence-corrected chi connectivity index (χ4v) is 2.51. The van der Waals surface area contributed by atoms with Crippen LogP contribution in [0.15, 0.2) is 48.5 Å². The van der Waals surface area contributed by atoms with Gasteiger partial charge >= 0.3 is 5.97 Å². The van der Waals surface area contributed by atoms with E-state index in [4.69, 9.17) is 9.47 Å². The third-order valence-corrected chi connectivity index (χ3v) is 3.99. The first-order chi connectivity index (χ1) is 13.8. The Labute approximate surface area is 168 Å². The highest BCUT2D eigenvalue weighted by Gasteiger charge is 2.20. The van der Waals surface area contributed by atoms with Crippen molar-refractivity contribution in [1.29, 1.82) is 0 Å². The van der Waals surface area contributed by atoms with Crippen molar-refractivity contribution in [2.75, 3.05) is 19.0 Å². The highest BCUT2D eigenvalue weighted by atomic mass is 16.5. The number of ether oxygens (including phenoxy) is 2. The summed E-state index contributed by atoms with van der Waals surface area (Å²) in [4.78, 5) is 48.0. The molecule has 0 spiro atoms. The second-order valence-corrected chi connectivity index (χ2v) is 6.11. The predicted molar refractivity (Wildman–Crippen MR) is 106 cm³/mol. The van der Waals surface area contributed by atoms with Crippen LogP contribution in [-0.4, -0.2) is 43.3 Å². The minimum absolute atomic E-state index is 0.204. The van der Waals surface area contributed by atoms with Gasteiger partial charge in [0.05, 0.1) is 18.4 Å². The quantitative estimate of drug-likeness (QED) is 0.521. The Hall–Kier alpha value is -3.68. The number of hydrogen-bond donors (Lipinski definition) is 2. The van der Waals surface area contributed by atoms with Crippen LogP contribution < -0.4 is 15.4 Å². The molecule has 2 aromatic rings. The number of Topliss-reactive ketones (excluding diaryl/α,β-unsaturated/α-hetero) is 1. The summed E-state index contributed by atoms with van der Waals surface area (Å²) in [6.07, 6.45) is -1.12. The first-order valence-corrected chi connectivity index (χ1v) is 8.85. The minimum Gasteiger partial charge on any atom is -0.496 e. The fraction of sp³-hybridized carbons (Fsp3) is 0.238. The second kappa shape index (κ2) is 10.0. The summed E-state index contributed by atoms with van der Waals surface area (Å²) in [5.41, 5.74) is 0.954. The van der Waals surface area contributed by atoms with Gasteiger partial charge in [-0.05, 0) is 38.1 Å². The van der Waals surface area contributed by atoms with Crippen molar-refractivity contribution in [2.45, 2.75) is 20.0 Å². The Morgan fingerprint density at radius 2 is 1.59 bits per heavy atom. The van der Waals surface area contributed by atoms with Crippen LogP contribution in [0.25, 0.3) is 0 Å². The number of methoxy groups -OCH3 is 1. The number of carbonyl (C=O) groups excluding carboxylic acids is 4. The predicted octanol–water partition coefficient (Wildman–Crippen LogP) is 2.20. The van der Waals surface area contributed by atoms with Gasteiger partial charge in [0.1, 0.15) is 12.3 Å². The highest BCUT2D eigenvalue weighted by molar-refractivity contribution is 6.05. The van der Waals surface area contributed by atoms with Crippen LogP contribution in [-0.2, 0) is 14.3 Å². The van der Waals surface area contributed by atoms with Crippen molar-refractivity contribution in [3.05, 3.63) is 59.7 Å². The SMILES string of the molecule is COc1ccccc1C(=O)NCC(=O)O[C@@H](C)C(=O)Nc1ccccc1C(C)=O. The largest absolute Gasteiger partial charge is 0.496 e. The molecule has 0 bridgehead atoms. The molecule has 8 nitrogen and oxygen atoms in total. The average molecular weight is 398 g/mol. The number of amides is 2. The van der Waals surface area contributed by atoms with Crippen LogP contribution >= 0.6 is 0 Å². The van der Waals surface area contributed by atoms with E-state index in [1.54, 1.807) is 48.5 Å². The average Bonchev–Trinajstić information content (AvgIpc) is 2.72. The van der Waals surface area contributed by atoms with Gasteiger partial charge < -0.3 is 20.1 Å². The Bertz CT molecular complexity index is 925. The number of anilines is 1. The molecular weight excluding hydrogens is 376 g/mol. The van der Waals surface area contributed by atoms with Gasteiger partial charge in [-0.1, -0.05) is 24.3 Å². The minimum atomic E-state index is -1.12. The molecule has 0 unspecified atom stereocenters. The van der Waals surface area contributed by atoms with Crippen molar-refractivity contribution < 1.29 is 28.7 Å². The molecule has 0 aromatic heterocycles.